The van der Waals surface area contributed by atoms with Gasteiger partial charge in [0.15, 0.2) is 0 Å². The Kier molecular flexibility index (Phi) is 7.02. The fourth-order valence-corrected chi connectivity index (χ4v) is 6.06. The summed E-state index contributed by atoms with van der Waals surface area (Å²) in [6.45, 7) is 4.03. The van der Waals surface area contributed by atoms with Gasteiger partial charge in [0, 0.05) is 19.6 Å². The van der Waals surface area contributed by atoms with Crippen molar-refractivity contribution in [1.29, 1.82) is 0 Å². The van der Waals surface area contributed by atoms with Crippen molar-refractivity contribution in [2.24, 2.45) is 0 Å². The van der Waals surface area contributed by atoms with Gasteiger partial charge in [0.05, 0.1) is 28.9 Å². The van der Waals surface area contributed by atoms with Crippen LogP contribution in [0.3, 0.4) is 0 Å². The maximum atomic E-state index is 13.2. The van der Waals surface area contributed by atoms with Gasteiger partial charge in [0.25, 0.3) is 0 Å². The molecule has 2 atom stereocenters. The van der Waals surface area contributed by atoms with E-state index in [2.05, 4.69) is 5.32 Å². The molecule has 31 heavy (non-hydrogen) atoms. The van der Waals surface area contributed by atoms with Gasteiger partial charge in [-0.25, -0.2) is 8.42 Å². The highest BCUT2D eigenvalue weighted by Crippen LogP contribution is 2.43. The second-order valence-corrected chi connectivity index (χ2v) is 10.6. The monoisotopic (exact) mass is 462 g/mol. The van der Waals surface area contributed by atoms with Gasteiger partial charge in [-0.1, -0.05) is 31.0 Å². The number of nitrogens with zero attached hydrogens (tertiary/aromatic N) is 1. The van der Waals surface area contributed by atoms with Crippen LogP contribution >= 0.6 is 0 Å². The van der Waals surface area contributed by atoms with E-state index >= 15 is 0 Å². The first kappa shape index (κ1) is 24.0. The van der Waals surface area contributed by atoms with Crippen molar-refractivity contribution in [2.45, 2.75) is 63.3 Å². The summed E-state index contributed by atoms with van der Waals surface area (Å²) in [6.07, 6.45) is -2.59. The van der Waals surface area contributed by atoms with Crippen LogP contribution < -0.4 is 5.32 Å². The van der Waals surface area contributed by atoms with E-state index in [0.717, 1.165) is 25.0 Å². The second kappa shape index (κ2) is 9.07. The number of benzene rings is 1. The Hall–Kier alpha value is -1.65. The normalized spacial score (nSPS) is 24.8. The molecule has 0 aromatic heterocycles. The van der Waals surface area contributed by atoms with Crippen LogP contribution in [0.2, 0.25) is 0 Å². The molecule has 1 N–H and O–H groups in total. The van der Waals surface area contributed by atoms with Crippen molar-refractivity contribution in [3.05, 3.63) is 35.4 Å². The zero-order chi connectivity index (χ0) is 22.9. The molecule has 0 spiro atoms. The van der Waals surface area contributed by atoms with E-state index in [1.165, 1.54) is 10.4 Å². The van der Waals surface area contributed by atoms with Crippen LogP contribution in [0.4, 0.5) is 13.2 Å². The van der Waals surface area contributed by atoms with Crippen LogP contribution in [0.1, 0.15) is 50.7 Å². The molecule has 0 bridgehead atoms. The molecule has 174 valence electrons. The molecular weight excluding hydrogens is 433 g/mol. The molecule has 1 aromatic rings. The number of halogens is 3. The van der Waals surface area contributed by atoms with Crippen molar-refractivity contribution >= 4 is 15.9 Å². The number of carbonyl (C=O) groups is 1. The van der Waals surface area contributed by atoms with Crippen LogP contribution in [-0.4, -0.2) is 56.2 Å². The Balaban J connectivity index is 1.69. The summed E-state index contributed by atoms with van der Waals surface area (Å²) >= 11 is 0. The molecule has 0 radical (unpaired) electrons. The Bertz CT molecular complexity index is 888. The van der Waals surface area contributed by atoms with Gasteiger partial charge in [-0.3, -0.25) is 4.79 Å². The van der Waals surface area contributed by atoms with Gasteiger partial charge in [0.1, 0.15) is 0 Å². The minimum absolute atomic E-state index is 0.0952. The maximum Gasteiger partial charge on any atom is 0.416 e. The van der Waals surface area contributed by atoms with Gasteiger partial charge in [-0.2, -0.15) is 17.5 Å². The molecule has 2 aliphatic rings. The van der Waals surface area contributed by atoms with Crippen LogP contribution in [0.25, 0.3) is 0 Å². The summed E-state index contributed by atoms with van der Waals surface area (Å²) < 4.78 is 71.8. The number of sulfonamides is 1. The van der Waals surface area contributed by atoms with Crippen LogP contribution in [0.15, 0.2) is 24.3 Å². The summed E-state index contributed by atoms with van der Waals surface area (Å²) in [6, 6.07) is 4.89. The minimum Gasteiger partial charge on any atom is -0.373 e. The first-order valence-electron chi connectivity index (χ1n) is 10.5. The number of alkyl halides is 3. The molecule has 1 saturated carbocycles. The molecular formula is C21H29F3N2O4S. The van der Waals surface area contributed by atoms with Gasteiger partial charge in [-0.15, -0.1) is 0 Å². The quantitative estimate of drug-likeness (QED) is 0.705. The molecule has 10 heteroatoms. The number of morpholine rings is 1. The Morgan fingerprint density at radius 2 is 1.81 bits per heavy atom. The lowest BCUT2D eigenvalue weighted by Gasteiger charge is -2.34. The predicted molar refractivity (Wildman–Crippen MR) is 110 cm³/mol. The molecule has 2 fully saturated rings. The Morgan fingerprint density at radius 1 is 1.19 bits per heavy atom. The van der Waals surface area contributed by atoms with E-state index < -0.39 is 33.1 Å². The van der Waals surface area contributed by atoms with E-state index in [0.29, 0.717) is 18.4 Å². The third-order valence-electron chi connectivity index (χ3n) is 6.06. The summed E-state index contributed by atoms with van der Waals surface area (Å²) in [5.41, 5.74) is -1.52. The molecule has 1 heterocycles. The second-order valence-electron chi connectivity index (χ2n) is 8.51. The van der Waals surface area contributed by atoms with Gasteiger partial charge in [-0.05, 0) is 38.3 Å². The van der Waals surface area contributed by atoms with E-state index in [1.807, 2.05) is 0 Å². The Labute approximate surface area is 181 Å². The van der Waals surface area contributed by atoms with E-state index in [-0.39, 0.29) is 37.6 Å². The predicted octanol–water partition coefficient (Wildman–Crippen LogP) is 3.07. The average Bonchev–Trinajstić information content (AvgIpc) is 3.18. The highest BCUT2D eigenvalue weighted by Gasteiger charge is 2.44. The van der Waals surface area contributed by atoms with E-state index in [9.17, 15) is 26.4 Å². The zero-order valence-corrected chi connectivity index (χ0v) is 18.6. The number of hydrogen-bond donors (Lipinski definition) is 1. The standard InChI is InChI=1S/C21H29F3N2O4S/c1-15-13-26(14-16(2)30-15)31(28,29)11-10-25-19(27)20(8-3-4-9-20)17-6-5-7-18(12-17)21(22,23)24/h5-7,12,15-16H,3-4,8-11,13-14H2,1-2H3,(H,25,27). The molecule has 1 aliphatic carbocycles. The van der Waals surface area contributed by atoms with Gasteiger partial charge >= 0.3 is 6.18 Å². The fraction of sp³-hybridized carbons (Fsp3) is 0.667. The Morgan fingerprint density at radius 3 is 2.39 bits per heavy atom. The smallest absolute Gasteiger partial charge is 0.373 e. The minimum atomic E-state index is -4.49. The van der Waals surface area contributed by atoms with Crippen molar-refractivity contribution in [1.82, 2.24) is 9.62 Å². The molecule has 1 aromatic carbocycles. The molecule has 1 amide bonds. The number of carbonyl (C=O) groups excluding carboxylic acids is 1. The first-order valence-corrected chi connectivity index (χ1v) is 12.1. The van der Waals surface area contributed by atoms with E-state index in [1.54, 1.807) is 19.9 Å². The molecule has 3 rings (SSSR count). The lowest BCUT2D eigenvalue weighted by Crippen LogP contribution is -2.50. The maximum absolute atomic E-state index is 13.2. The van der Waals surface area contributed by atoms with Crippen molar-refractivity contribution in [3.8, 4) is 0 Å². The number of amides is 1. The average molecular weight is 463 g/mol. The van der Waals surface area contributed by atoms with Gasteiger partial charge in [0.2, 0.25) is 15.9 Å². The highest BCUT2D eigenvalue weighted by atomic mass is 32.2. The van der Waals surface area contributed by atoms with Crippen molar-refractivity contribution < 1.29 is 31.1 Å². The SMILES string of the molecule is CC1CN(S(=O)(=O)CCNC(=O)C2(c3cccc(C(F)(F)F)c3)CCCC2)CC(C)O1. The van der Waals surface area contributed by atoms with Crippen LogP contribution in [-0.2, 0) is 31.1 Å². The highest BCUT2D eigenvalue weighted by molar-refractivity contribution is 7.89. The lowest BCUT2D eigenvalue weighted by atomic mass is 9.77. The summed E-state index contributed by atoms with van der Waals surface area (Å²) in [5, 5.41) is 2.68. The van der Waals surface area contributed by atoms with Crippen LogP contribution in [0, 0.1) is 0 Å². The van der Waals surface area contributed by atoms with E-state index in [4.69, 9.17) is 4.74 Å². The summed E-state index contributed by atoms with van der Waals surface area (Å²) in [5.74, 6) is -0.681. The van der Waals surface area contributed by atoms with Crippen molar-refractivity contribution in [3.63, 3.8) is 0 Å². The number of nitrogens with one attached hydrogen (secondary N) is 1. The third kappa shape index (κ3) is 5.40. The lowest BCUT2D eigenvalue weighted by molar-refractivity contribution is -0.138. The molecule has 1 saturated heterocycles. The number of ether oxygens (including phenoxy) is 1. The number of hydrogen-bond acceptors (Lipinski definition) is 4. The van der Waals surface area contributed by atoms with Gasteiger partial charge < -0.3 is 10.1 Å². The fourth-order valence-electron chi connectivity index (χ4n) is 4.57. The first-order chi connectivity index (χ1) is 14.4. The molecule has 1 aliphatic heterocycles. The molecule has 6 nitrogen and oxygen atoms in total. The summed E-state index contributed by atoms with van der Waals surface area (Å²) in [4.78, 5) is 13.1. The van der Waals surface area contributed by atoms with Crippen LogP contribution in [0.5, 0.6) is 0 Å². The third-order valence-corrected chi connectivity index (χ3v) is 7.86. The largest absolute Gasteiger partial charge is 0.416 e. The molecule has 2 unspecified atom stereocenters. The van der Waals surface area contributed by atoms with Crippen molar-refractivity contribution in [2.75, 3.05) is 25.4 Å². The zero-order valence-electron chi connectivity index (χ0n) is 17.7. The number of rotatable bonds is 6. The summed E-state index contributed by atoms with van der Waals surface area (Å²) in [7, 11) is -3.59. The topological polar surface area (TPSA) is 75.7 Å².